The Labute approximate surface area is 218 Å². The van der Waals surface area contributed by atoms with Gasteiger partial charge in [0.1, 0.15) is 17.3 Å². The summed E-state index contributed by atoms with van der Waals surface area (Å²) in [5.74, 6) is -0.140. The first-order chi connectivity index (χ1) is 18.3. The van der Waals surface area contributed by atoms with E-state index in [1.54, 1.807) is 60.8 Å². The van der Waals surface area contributed by atoms with E-state index in [1.807, 2.05) is 0 Å². The van der Waals surface area contributed by atoms with Gasteiger partial charge in [-0.05, 0) is 66.4 Å². The fourth-order valence-corrected chi connectivity index (χ4v) is 4.51. The number of methoxy groups -OCH3 is 1. The molecule has 0 spiro atoms. The van der Waals surface area contributed by atoms with Crippen LogP contribution in [-0.2, 0) is 27.2 Å². The summed E-state index contributed by atoms with van der Waals surface area (Å²) in [6.45, 7) is 0. The normalized spacial score (nSPS) is 13.6. The van der Waals surface area contributed by atoms with E-state index in [2.05, 4.69) is 4.98 Å². The highest BCUT2D eigenvalue weighted by Crippen LogP contribution is 2.48. The molecule has 5 rings (SSSR count). The third-order valence-electron chi connectivity index (χ3n) is 6.89. The summed E-state index contributed by atoms with van der Waals surface area (Å²) in [5, 5.41) is 0.594. The molecule has 0 saturated heterocycles. The van der Waals surface area contributed by atoms with Gasteiger partial charge < -0.3 is 15.2 Å². The van der Waals surface area contributed by atoms with Gasteiger partial charge >= 0.3 is 5.97 Å². The molecule has 0 amide bonds. The number of anilines is 1. The number of carbonyl (C=O) groups excluding carboxylic acids is 3. The first-order valence-corrected chi connectivity index (χ1v) is 12.1. The predicted octanol–water partition coefficient (Wildman–Crippen LogP) is 5.24. The molecule has 0 unspecified atom stereocenters. The number of ketones is 2. The summed E-state index contributed by atoms with van der Waals surface area (Å²) in [5.41, 5.74) is 7.53. The molecule has 192 valence electrons. The lowest BCUT2D eigenvalue weighted by molar-refractivity contribution is -0.133. The summed E-state index contributed by atoms with van der Waals surface area (Å²) >= 11 is 0. The fraction of sp³-hybridized carbons (Fsp3) is 0.200. The zero-order valence-electron chi connectivity index (χ0n) is 20.7. The molecule has 0 atom stereocenters. The topological polar surface area (TPSA) is 109 Å². The zero-order chi connectivity index (χ0) is 26.9. The van der Waals surface area contributed by atoms with Gasteiger partial charge in [0, 0.05) is 30.1 Å². The number of nitrogens with two attached hydrogens (primary N) is 1. The van der Waals surface area contributed by atoms with Gasteiger partial charge in [-0.2, -0.15) is 0 Å². The number of fused-ring (bicyclic) bond motifs is 1. The van der Waals surface area contributed by atoms with Gasteiger partial charge in [-0.15, -0.1) is 0 Å². The van der Waals surface area contributed by atoms with Crippen LogP contribution in [-0.4, -0.2) is 29.6 Å². The van der Waals surface area contributed by atoms with Gasteiger partial charge in [0.25, 0.3) is 0 Å². The molecule has 0 aliphatic heterocycles. The van der Waals surface area contributed by atoms with E-state index in [-0.39, 0.29) is 41.5 Å². The Morgan fingerprint density at radius 2 is 1.53 bits per heavy atom. The Hall–Kier alpha value is -4.59. The predicted molar refractivity (Wildman–Crippen MR) is 139 cm³/mol. The third-order valence-corrected chi connectivity index (χ3v) is 6.89. The van der Waals surface area contributed by atoms with E-state index in [1.165, 1.54) is 19.2 Å². The van der Waals surface area contributed by atoms with Crippen LogP contribution in [0.1, 0.15) is 34.3 Å². The number of rotatable bonds is 9. The monoisotopic (exact) mass is 512 g/mol. The van der Waals surface area contributed by atoms with Crippen LogP contribution >= 0.6 is 0 Å². The van der Waals surface area contributed by atoms with Crippen molar-refractivity contribution in [1.82, 2.24) is 4.98 Å². The molecule has 1 aliphatic carbocycles. The minimum atomic E-state index is -0.946. The highest BCUT2D eigenvalue weighted by Gasteiger charge is 2.54. The van der Waals surface area contributed by atoms with Gasteiger partial charge in [0.05, 0.1) is 23.6 Å². The molecule has 8 heteroatoms. The second-order valence-corrected chi connectivity index (χ2v) is 9.41. The SMILES string of the molecule is COC(=O)c1cc2c(Oc3ccc(CC(=O)C4(C(=O)Cc5ccc(F)cc5)CC4)cc3)ccnc2cc1N. The van der Waals surface area contributed by atoms with Crippen LogP contribution in [0.4, 0.5) is 10.1 Å². The molecule has 1 aliphatic rings. The van der Waals surface area contributed by atoms with Crippen molar-refractivity contribution < 1.29 is 28.2 Å². The standard InChI is InChI=1S/C30H25FN2O5/c1-37-29(36)22-16-23-25(17-24(22)32)33-13-10-26(23)38-21-8-4-19(5-9-21)15-28(35)30(11-12-30)27(34)14-18-2-6-20(31)7-3-18/h2-10,13,16-17H,11-12,14-15,32H2,1H3. The molecular formula is C30H25FN2O5. The number of Topliss-reactive ketones (excluding diaryl/α,β-unsaturated/α-hetero) is 2. The number of pyridine rings is 1. The molecule has 1 saturated carbocycles. The number of esters is 1. The minimum absolute atomic E-state index is 0.105. The second kappa shape index (κ2) is 10.0. The van der Waals surface area contributed by atoms with E-state index in [4.69, 9.17) is 15.2 Å². The maximum Gasteiger partial charge on any atom is 0.339 e. The van der Waals surface area contributed by atoms with Gasteiger partial charge in [-0.25, -0.2) is 9.18 Å². The van der Waals surface area contributed by atoms with Crippen LogP contribution in [0.2, 0.25) is 0 Å². The third kappa shape index (κ3) is 4.98. The number of halogens is 1. The van der Waals surface area contributed by atoms with Crippen molar-refractivity contribution in [2.75, 3.05) is 12.8 Å². The van der Waals surface area contributed by atoms with E-state index in [9.17, 15) is 18.8 Å². The number of carbonyl (C=O) groups is 3. The lowest BCUT2D eigenvalue weighted by Gasteiger charge is -2.14. The summed E-state index contributed by atoms with van der Waals surface area (Å²) in [6.07, 6.45) is 2.91. The van der Waals surface area contributed by atoms with Gasteiger partial charge in [0.15, 0.2) is 11.6 Å². The summed E-state index contributed by atoms with van der Waals surface area (Å²) in [6, 6.07) is 17.7. The quantitative estimate of drug-likeness (QED) is 0.186. The smallest absolute Gasteiger partial charge is 0.339 e. The van der Waals surface area contributed by atoms with Crippen molar-refractivity contribution >= 4 is 34.1 Å². The number of aromatic nitrogens is 1. The molecule has 4 aromatic rings. The van der Waals surface area contributed by atoms with Crippen LogP contribution in [0, 0.1) is 11.2 Å². The second-order valence-electron chi connectivity index (χ2n) is 9.41. The first-order valence-electron chi connectivity index (χ1n) is 12.1. The summed E-state index contributed by atoms with van der Waals surface area (Å²) in [4.78, 5) is 42.3. The maximum absolute atomic E-state index is 13.2. The van der Waals surface area contributed by atoms with Crippen LogP contribution in [0.3, 0.4) is 0 Å². The lowest BCUT2D eigenvalue weighted by Crippen LogP contribution is -2.28. The molecule has 7 nitrogen and oxygen atoms in total. The highest BCUT2D eigenvalue weighted by atomic mass is 19.1. The lowest BCUT2D eigenvalue weighted by atomic mass is 9.88. The van der Waals surface area contributed by atoms with Crippen LogP contribution in [0.5, 0.6) is 11.5 Å². The van der Waals surface area contributed by atoms with Crippen molar-refractivity contribution in [2.24, 2.45) is 5.41 Å². The zero-order valence-corrected chi connectivity index (χ0v) is 20.7. The summed E-state index contributed by atoms with van der Waals surface area (Å²) < 4.78 is 24.0. The van der Waals surface area contributed by atoms with Crippen molar-refractivity contribution in [3.63, 3.8) is 0 Å². The van der Waals surface area contributed by atoms with Crippen LogP contribution < -0.4 is 10.5 Å². The van der Waals surface area contributed by atoms with Gasteiger partial charge in [0.2, 0.25) is 0 Å². The fourth-order valence-electron chi connectivity index (χ4n) is 4.51. The van der Waals surface area contributed by atoms with Crippen LogP contribution in [0.15, 0.2) is 72.9 Å². The Morgan fingerprint density at radius 3 is 2.11 bits per heavy atom. The Balaban J connectivity index is 1.28. The van der Waals surface area contributed by atoms with Crippen molar-refractivity contribution in [3.8, 4) is 11.5 Å². The Kier molecular flexibility index (Phi) is 6.63. The average Bonchev–Trinajstić information content (AvgIpc) is 3.73. The molecule has 0 bridgehead atoms. The number of benzene rings is 3. The van der Waals surface area contributed by atoms with Crippen molar-refractivity contribution in [2.45, 2.75) is 25.7 Å². The molecule has 38 heavy (non-hydrogen) atoms. The molecule has 1 aromatic heterocycles. The van der Waals surface area contributed by atoms with E-state index in [0.29, 0.717) is 40.8 Å². The number of hydrogen-bond donors (Lipinski definition) is 1. The van der Waals surface area contributed by atoms with Crippen LogP contribution in [0.25, 0.3) is 10.9 Å². The molecule has 1 fully saturated rings. The highest BCUT2D eigenvalue weighted by molar-refractivity contribution is 6.11. The van der Waals surface area contributed by atoms with E-state index in [0.717, 1.165) is 5.56 Å². The average molecular weight is 513 g/mol. The Bertz CT molecular complexity index is 1540. The number of ether oxygens (including phenoxy) is 2. The molecule has 1 heterocycles. The summed E-state index contributed by atoms with van der Waals surface area (Å²) in [7, 11) is 1.28. The number of nitrogens with zero attached hydrogens (tertiary/aromatic N) is 1. The maximum atomic E-state index is 13.2. The van der Waals surface area contributed by atoms with Crippen molar-refractivity contribution in [3.05, 3.63) is 95.4 Å². The molecule has 2 N–H and O–H groups in total. The van der Waals surface area contributed by atoms with E-state index >= 15 is 0 Å². The van der Waals surface area contributed by atoms with Gasteiger partial charge in [-0.3, -0.25) is 14.6 Å². The van der Waals surface area contributed by atoms with E-state index < -0.39 is 11.4 Å². The largest absolute Gasteiger partial charge is 0.465 e. The molecular weight excluding hydrogens is 487 g/mol. The van der Waals surface area contributed by atoms with Gasteiger partial charge in [-0.1, -0.05) is 24.3 Å². The molecule has 0 radical (unpaired) electrons. The number of nitrogen functional groups attached to an aromatic ring is 1. The Morgan fingerprint density at radius 1 is 0.921 bits per heavy atom. The molecule has 3 aromatic carbocycles. The van der Waals surface area contributed by atoms with Crippen molar-refractivity contribution in [1.29, 1.82) is 0 Å². The minimum Gasteiger partial charge on any atom is -0.465 e. The number of hydrogen-bond acceptors (Lipinski definition) is 7. The first kappa shape index (κ1) is 25.1.